The van der Waals surface area contributed by atoms with Crippen molar-refractivity contribution in [2.75, 3.05) is 13.1 Å². The largest absolute Gasteiger partial charge is 0.340 e. The topological polar surface area (TPSA) is 37.4 Å². The molecule has 0 aromatic carbocycles. The van der Waals surface area contributed by atoms with E-state index in [0.29, 0.717) is 13.1 Å². The zero-order valence-electron chi connectivity index (χ0n) is 12.7. The molecule has 0 aromatic heterocycles. The van der Waals surface area contributed by atoms with E-state index in [4.69, 9.17) is 0 Å². The van der Waals surface area contributed by atoms with Gasteiger partial charge < -0.3 is 4.90 Å². The Morgan fingerprint density at radius 3 is 2.32 bits per heavy atom. The molecule has 106 valence electrons. The summed E-state index contributed by atoms with van der Waals surface area (Å²) in [5, 5.41) is 0. The molecule has 0 spiro atoms. The van der Waals surface area contributed by atoms with Crippen molar-refractivity contribution in [3.63, 3.8) is 0 Å². The lowest BCUT2D eigenvalue weighted by atomic mass is 9.70. The number of carbonyl (C=O) groups is 2. The van der Waals surface area contributed by atoms with Gasteiger partial charge in [-0.05, 0) is 38.0 Å². The number of amides is 1. The van der Waals surface area contributed by atoms with Crippen LogP contribution >= 0.6 is 0 Å². The van der Waals surface area contributed by atoms with Crippen LogP contribution in [0, 0.1) is 16.7 Å². The molecule has 2 saturated carbocycles. The molecule has 2 bridgehead atoms. The Labute approximate surface area is 116 Å². The van der Waals surface area contributed by atoms with Gasteiger partial charge in [0.05, 0.1) is 0 Å². The van der Waals surface area contributed by atoms with E-state index in [1.165, 1.54) is 0 Å². The highest BCUT2D eigenvalue weighted by Gasteiger charge is 2.64. The molecular formula is C16H25NO2. The molecule has 2 fully saturated rings. The van der Waals surface area contributed by atoms with E-state index in [9.17, 15) is 9.59 Å². The predicted octanol–water partition coefficient (Wildman–Crippen LogP) is 2.81. The fourth-order valence-electron chi connectivity index (χ4n) is 3.85. The summed E-state index contributed by atoms with van der Waals surface area (Å²) in [6.45, 7) is 11.7. The van der Waals surface area contributed by atoms with Gasteiger partial charge in [0, 0.05) is 30.2 Å². The molecule has 2 aliphatic rings. The van der Waals surface area contributed by atoms with Crippen LogP contribution in [0.5, 0.6) is 0 Å². The number of fused-ring (bicyclic) bond motifs is 2. The van der Waals surface area contributed by atoms with Crippen molar-refractivity contribution in [2.45, 2.75) is 47.5 Å². The average Bonchev–Trinajstić information content (AvgIpc) is 2.65. The number of carbonyl (C=O) groups excluding carboxylic acids is 2. The third kappa shape index (κ3) is 1.78. The van der Waals surface area contributed by atoms with Crippen molar-refractivity contribution >= 4 is 11.7 Å². The molecule has 2 rings (SSSR count). The SMILES string of the molecule is CCN(CC)C(=O)/C=C1/C(=O)[C@]2(C)CC[C@H]1C2(C)C. The summed E-state index contributed by atoms with van der Waals surface area (Å²) in [4.78, 5) is 26.6. The van der Waals surface area contributed by atoms with Crippen LogP contribution in [0.25, 0.3) is 0 Å². The summed E-state index contributed by atoms with van der Waals surface area (Å²) in [6, 6.07) is 0. The van der Waals surface area contributed by atoms with Crippen molar-refractivity contribution in [2.24, 2.45) is 16.7 Å². The summed E-state index contributed by atoms with van der Waals surface area (Å²) >= 11 is 0. The molecule has 2 aliphatic carbocycles. The van der Waals surface area contributed by atoms with Crippen LogP contribution in [0.1, 0.15) is 47.5 Å². The maximum absolute atomic E-state index is 12.6. The van der Waals surface area contributed by atoms with E-state index >= 15 is 0 Å². The number of hydrogen-bond acceptors (Lipinski definition) is 2. The molecule has 2 atom stereocenters. The Morgan fingerprint density at radius 1 is 1.32 bits per heavy atom. The first kappa shape index (κ1) is 14.3. The van der Waals surface area contributed by atoms with Gasteiger partial charge in [0.1, 0.15) is 0 Å². The summed E-state index contributed by atoms with van der Waals surface area (Å²) in [6.07, 6.45) is 3.61. The van der Waals surface area contributed by atoms with Crippen LogP contribution in [0.3, 0.4) is 0 Å². The quantitative estimate of drug-likeness (QED) is 0.734. The van der Waals surface area contributed by atoms with E-state index < -0.39 is 0 Å². The Morgan fingerprint density at radius 2 is 1.89 bits per heavy atom. The van der Waals surface area contributed by atoms with Crippen LogP contribution in [-0.4, -0.2) is 29.7 Å². The van der Waals surface area contributed by atoms with Crippen LogP contribution in [-0.2, 0) is 9.59 Å². The minimum atomic E-state index is -0.271. The second-order valence-corrected chi connectivity index (χ2v) is 6.58. The van der Waals surface area contributed by atoms with E-state index in [-0.39, 0.29) is 28.4 Å². The second-order valence-electron chi connectivity index (χ2n) is 6.58. The van der Waals surface area contributed by atoms with E-state index in [0.717, 1.165) is 18.4 Å². The van der Waals surface area contributed by atoms with E-state index in [1.807, 2.05) is 13.8 Å². The summed E-state index contributed by atoms with van der Waals surface area (Å²) in [5.74, 6) is 0.444. The second kappa shape index (κ2) is 4.46. The normalized spacial score (nSPS) is 34.1. The van der Waals surface area contributed by atoms with Crippen molar-refractivity contribution < 1.29 is 9.59 Å². The van der Waals surface area contributed by atoms with Crippen LogP contribution < -0.4 is 0 Å². The molecule has 3 nitrogen and oxygen atoms in total. The predicted molar refractivity (Wildman–Crippen MR) is 75.6 cm³/mol. The average molecular weight is 263 g/mol. The van der Waals surface area contributed by atoms with Gasteiger partial charge in [0.25, 0.3) is 0 Å². The van der Waals surface area contributed by atoms with Crippen LogP contribution in [0.4, 0.5) is 0 Å². The standard InChI is InChI=1S/C16H25NO2/c1-6-17(7-2)13(18)10-11-12-8-9-16(5,14(11)19)15(12,3)4/h10,12H,6-9H2,1-5H3/b11-10+/t12-,16+/m1/s1. The van der Waals surface area contributed by atoms with Gasteiger partial charge in [-0.15, -0.1) is 0 Å². The molecule has 0 heterocycles. The zero-order chi connectivity index (χ0) is 14.4. The first-order valence-corrected chi connectivity index (χ1v) is 7.35. The fourth-order valence-corrected chi connectivity index (χ4v) is 3.85. The van der Waals surface area contributed by atoms with Crippen LogP contribution in [0.2, 0.25) is 0 Å². The highest BCUT2D eigenvalue weighted by Crippen LogP contribution is 2.65. The van der Waals surface area contributed by atoms with Gasteiger partial charge in [-0.2, -0.15) is 0 Å². The molecule has 19 heavy (non-hydrogen) atoms. The van der Waals surface area contributed by atoms with Gasteiger partial charge in [-0.1, -0.05) is 20.8 Å². The molecule has 1 amide bonds. The Kier molecular flexibility index (Phi) is 3.36. The zero-order valence-corrected chi connectivity index (χ0v) is 12.7. The summed E-state index contributed by atoms with van der Waals surface area (Å²) < 4.78 is 0. The molecule has 0 aliphatic heterocycles. The molecule has 0 aromatic rings. The number of likely N-dealkylation sites (N-methyl/N-ethyl adjacent to an activating group) is 1. The van der Waals surface area contributed by atoms with Gasteiger partial charge in [0.15, 0.2) is 5.78 Å². The number of nitrogens with zero attached hydrogens (tertiary/aromatic N) is 1. The summed E-state index contributed by atoms with van der Waals surface area (Å²) in [7, 11) is 0. The number of hydrogen-bond donors (Lipinski definition) is 0. The highest BCUT2D eigenvalue weighted by molar-refractivity contribution is 6.08. The minimum absolute atomic E-state index is 0.0136. The number of rotatable bonds is 3. The third-order valence-electron chi connectivity index (χ3n) is 5.72. The number of ketones is 1. The van der Waals surface area contributed by atoms with Gasteiger partial charge in [-0.25, -0.2) is 0 Å². The third-order valence-corrected chi connectivity index (χ3v) is 5.72. The van der Waals surface area contributed by atoms with Crippen molar-refractivity contribution in [3.8, 4) is 0 Å². The van der Waals surface area contributed by atoms with Crippen molar-refractivity contribution in [3.05, 3.63) is 11.6 Å². The van der Waals surface area contributed by atoms with Crippen LogP contribution in [0.15, 0.2) is 11.6 Å². The maximum Gasteiger partial charge on any atom is 0.246 e. The smallest absolute Gasteiger partial charge is 0.246 e. The lowest BCUT2D eigenvalue weighted by Gasteiger charge is -2.31. The minimum Gasteiger partial charge on any atom is -0.340 e. The van der Waals surface area contributed by atoms with Gasteiger partial charge in [0.2, 0.25) is 5.91 Å². The molecule has 0 N–H and O–H groups in total. The Balaban J connectivity index is 2.33. The van der Waals surface area contributed by atoms with E-state index in [1.54, 1.807) is 11.0 Å². The lowest BCUT2D eigenvalue weighted by Crippen LogP contribution is -2.33. The molecular weight excluding hydrogens is 238 g/mol. The fraction of sp³-hybridized carbons (Fsp3) is 0.750. The van der Waals surface area contributed by atoms with Gasteiger partial charge >= 0.3 is 0 Å². The van der Waals surface area contributed by atoms with Crippen molar-refractivity contribution in [1.29, 1.82) is 0 Å². The molecule has 0 saturated heterocycles. The molecule has 0 unspecified atom stereocenters. The summed E-state index contributed by atoms with van der Waals surface area (Å²) in [5.41, 5.74) is 0.489. The van der Waals surface area contributed by atoms with E-state index in [2.05, 4.69) is 20.8 Å². The lowest BCUT2D eigenvalue weighted by molar-refractivity contribution is -0.127. The monoisotopic (exact) mass is 263 g/mol. The maximum atomic E-state index is 12.6. The first-order chi connectivity index (χ1) is 8.79. The highest BCUT2D eigenvalue weighted by atomic mass is 16.2. The first-order valence-electron chi connectivity index (χ1n) is 7.35. The molecule has 0 radical (unpaired) electrons. The number of allylic oxidation sites excluding steroid dienone is 1. The van der Waals surface area contributed by atoms with Gasteiger partial charge in [-0.3, -0.25) is 9.59 Å². The van der Waals surface area contributed by atoms with Crippen molar-refractivity contribution in [1.82, 2.24) is 4.90 Å². The Bertz CT molecular complexity index is 446. The molecule has 3 heteroatoms. The Hall–Kier alpha value is -1.12. The number of Topliss-reactive ketones (excluding diaryl/α,β-unsaturated/α-hetero) is 1.